The Morgan fingerprint density at radius 2 is 1.40 bits per heavy atom. The Morgan fingerprint density at radius 3 is 2.10 bits per heavy atom. The zero-order valence-electron chi connectivity index (χ0n) is 12.1. The Kier molecular flexibility index (Phi) is 10.7. The molecular weight excluding hydrogens is 362 g/mol. The lowest BCUT2D eigenvalue weighted by Crippen LogP contribution is -1.84. The largest absolute Gasteiger partial charge is 0.251 e. The van der Waals surface area contributed by atoms with Crippen LogP contribution >= 0.6 is 22.6 Å². The summed E-state index contributed by atoms with van der Waals surface area (Å²) in [7, 11) is 0. The van der Waals surface area contributed by atoms with Crippen LogP contribution in [-0.2, 0) is 6.42 Å². The summed E-state index contributed by atoms with van der Waals surface area (Å²) in [6, 6.07) is 8.72. The third kappa shape index (κ3) is 9.36. The summed E-state index contributed by atoms with van der Waals surface area (Å²) in [5, 5.41) is 0. The van der Waals surface area contributed by atoms with E-state index in [1.165, 1.54) is 15.6 Å². The van der Waals surface area contributed by atoms with Gasteiger partial charge in [0.15, 0.2) is 0 Å². The number of alkyl halides is 1. The number of hydrogen-bond donors (Lipinski definition) is 0. The molecule has 0 aliphatic rings. The van der Waals surface area contributed by atoms with Crippen LogP contribution < -0.4 is 0 Å². The van der Waals surface area contributed by atoms with Gasteiger partial charge in [0, 0.05) is 16.4 Å². The first-order valence-electron chi connectivity index (χ1n) is 7.59. The highest BCUT2D eigenvalue weighted by Gasteiger charge is 1.92. The molecule has 0 fully saturated rings. The minimum absolute atomic E-state index is 0.166. The van der Waals surface area contributed by atoms with Crippen molar-refractivity contribution in [1.29, 1.82) is 0 Å². The van der Waals surface area contributed by atoms with E-state index in [0.29, 0.717) is 0 Å². The minimum Gasteiger partial charge on any atom is -0.251 e. The summed E-state index contributed by atoms with van der Waals surface area (Å²) < 4.78 is 13.2. The van der Waals surface area contributed by atoms with E-state index in [9.17, 15) is 4.39 Å². The van der Waals surface area contributed by atoms with Crippen LogP contribution in [0.1, 0.15) is 56.9 Å². The van der Waals surface area contributed by atoms with Crippen LogP contribution in [0.25, 0.3) is 0 Å². The van der Waals surface area contributed by atoms with Crippen molar-refractivity contribution in [2.75, 3.05) is 6.67 Å². The molecule has 0 aromatic heterocycles. The van der Waals surface area contributed by atoms with Crippen molar-refractivity contribution in [3.05, 3.63) is 33.4 Å². The second-order valence-corrected chi connectivity index (χ2v) is 6.29. The fourth-order valence-electron chi connectivity index (χ4n) is 2.05. The van der Waals surface area contributed by atoms with Gasteiger partial charge >= 0.3 is 0 Å². The normalized spacial score (nSPS) is 10.1. The summed E-state index contributed by atoms with van der Waals surface area (Å²) in [5.41, 5.74) is 1.40. The lowest BCUT2D eigenvalue weighted by molar-refractivity contribution is 0.452. The Labute approximate surface area is 136 Å². The molecule has 0 radical (unpaired) electrons. The molecule has 2 heteroatoms. The lowest BCUT2D eigenvalue weighted by Gasteiger charge is -1.98. The van der Waals surface area contributed by atoms with Crippen LogP contribution in [0.4, 0.5) is 4.39 Å². The first-order valence-corrected chi connectivity index (χ1v) is 8.67. The van der Waals surface area contributed by atoms with Crippen LogP contribution in [0.3, 0.4) is 0 Å². The molecule has 0 bridgehead atoms. The molecule has 0 saturated carbocycles. The quantitative estimate of drug-likeness (QED) is 0.280. The standard InChI is InChI=1S/C18H24FI/c19-16-10-8-6-4-2-1-3-5-7-9-11-17-12-14-18(20)15-13-17/h12-15H,1-2,4,6-11,16H2. The molecule has 1 aromatic carbocycles. The number of halogens is 2. The monoisotopic (exact) mass is 386 g/mol. The molecule has 0 nitrogen and oxygen atoms in total. The van der Waals surface area contributed by atoms with Gasteiger partial charge in [-0.3, -0.25) is 4.39 Å². The molecule has 0 spiro atoms. The highest BCUT2D eigenvalue weighted by atomic mass is 127. The van der Waals surface area contributed by atoms with E-state index >= 15 is 0 Å². The summed E-state index contributed by atoms with van der Waals surface area (Å²) in [6.45, 7) is -0.166. The topological polar surface area (TPSA) is 0 Å². The average molecular weight is 386 g/mol. The smallest absolute Gasteiger partial charge is 0.0894 e. The van der Waals surface area contributed by atoms with Crippen molar-refractivity contribution in [2.24, 2.45) is 0 Å². The second-order valence-electron chi connectivity index (χ2n) is 5.04. The number of rotatable bonds is 9. The van der Waals surface area contributed by atoms with Gasteiger partial charge in [-0.25, -0.2) is 0 Å². The number of aryl methyl sites for hydroxylation is 1. The molecule has 0 saturated heterocycles. The van der Waals surface area contributed by atoms with Gasteiger partial charge in [-0.1, -0.05) is 31.4 Å². The van der Waals surface area contributed by atoms with E-state index in [4.69, 9.17) is 0 Å². The van der Waals surface area contributed by atoms with Crippen molar-refractivity contribution in [3.8, 4) is 11.8 Å². The lowest BCUT2D eigenvalue weighted by atomic mass is 10.1. The van der Waals surface area contributed by atoms with Gasteiger partial charge in [0.25, 0.3) is 0 Å². The maximum Gasteiger partial charge on any atom is 0.0894 e. The Balaban J connectivity index is 1.96. The van der Waals surface area contributed by atoms with Crippen LogP contribution in [0.5, 0.6) is 0 Å². The van der Waals surface area contributed by atoms with Crippen LogP contribution in [0.2, 0.25) is 0 Å². The Hall–Kier alpha value is -0.560. The molecule has 1 aromatic rings. The molecule has 0 N–H and O–H groups in total. The predicted octanol–water partition coefficient (Wildman–Crippen LogP) is 5.93. The first kappa shape index (κ1) is 17.5. The molecule has 0 unspecified atom stereocenters. The van der Waals surface area contributed by atoms with Crippen molar-refractivity contribution < 1.29 is 4.39 Å². The fourth-order valence-corrected chi connectivity index (χ4v) is 2.41. The average Bonchev–Trinajstić information content (AvgIpc) is 2.47. The Bertz CT molecular complexity index is 400. The van der Waals surface area contributed by atoms with Crippen molar-refractivity contribution in [1.82, 2.24) is 0 Å². The number of benzene rings is 1. The van der Waals surface area contributed by atoms with Crippen molar-refractivity contribution >= 4 is 22.6 Å². The molecule has 110 valence electrons. The SMILES string of the molecule is FCCCCCCCC#CCCCc1ccc(I)cc1. The Morgan fingerprint density at radius 1 is 0.800 bits per heavy atom. The molecule has 0 aliphatic heterocycles. The predicted molar refractivity (Wildman–Crippen MR) is 93.6 cm³/mol. The van der Waals surface area contributed by atoms with Gasteiger partial charge in [-0.15, -0.1) is 11.8 Å². The van der Waals surface area contributed by atoms with E-state index in [-0.39, 0.29) is 6.67 Å². The van der Waals surface area contributed by atoms with E-state index in [1.54, 1.807) is 0 Å². The summed E-state index contributed by atoms with van der Waals surface area (Å²) in [5.74, 6) is 6.50. The third-order valence-electron chi connectivity index (χ3n) is 3.24. The van der Waals surface area contributed by atoms with Crippen molar-refractivity contribution in [2.45, 2.75) is 57.8 Å². The summed E-state index contributed by atoms with van der Waals surface area (Å²) >= 11 is 2.33. The maximum atomic E-state index is 11.9. The summed E-state index contributed by atoms with van der Waals surface area (Å²) in [6.07, 6.45) is 9.52. The number of unbranched alkanes of at least 4 members (excludes halogenated alkanes) is 6. The van der Waals surface area contributed by atoms with Crippen LogP contribution in [0, 0.1) is 15.4 Å². The van der Waals surface area contributed by atoms with Gasteiger partial charge < -0.3 is 0 Å². The van der Waals surface area contributed by atoms with E-state index in [2.05, 4.69) is 58.7 Å². The van der Waals surface area contributed by atoms with E-state index in [0.717, 1.165) is 51.4 Å². The molecule has 1 rings (SSSR count). The van der Waals surface area contributed by atoms with E-state index in [1.807, 2.05) is 0 Å². The van der Waals surface area contributed by atoms with Gasteiger partial charge in [0.05, 0.1) is 6.67 Å². The second kappa shape index (κ2) is 12.2. The van der Waals surface area contributed by atoms with Crippen LogP contribution in [-0.4, -0.2) is 6.67 Å². The van der Waals surface area contributed by atoms with Gasteiger partial charge in [-0.05, 0) is 66.0 Å². The van der Waals surface area contributed by atoms with Crippen molar-refractivity contribution in [3.63, 3.8) is 0 Å². The highest BCUT2D eigenvalue weighted by Crippen LogP contribution is 2.09. The van der Waals surface area contributed by atoms with Gasteiger partial charge in [0.2, 0.25) is 0 Å². The zero-order chi connectivity index (χ0) is 14.5. The van der Waals surface area contributed by atoms with E-state index < -0.39 is 0 Å². The fraction of sp³-hybridized carbons (Fsp3) is 0.556. The molecule has 20 heavy (non-hydrogen) atoms. The number of hydrogen-bond acceptors (Lipinski definition) is 0. The summed E-state index contributed by atoms with van der Waals surface area (Å²) in [4.78, 5) is 0. The van der Waals surface area contributed by atoms with Gasteiger partial charge in [0.1, 0.15) is 0 Å². The first-order chi connectivity index (χ1) is 9.83. The zero-order valence-corrected chi connectivity index (χ0v) is 14.3. The minimum atomic E-state index is -0.166. The van der Waals surface area contributed by atoms with Gasteiger partial charge in [-0.2, -0.15) is 0 Å². The molecule has 0 atom stereocenters. The molecule has 0 heterocycles. The molecule has 0 amide bonds. The molecule has 0 aliphatic carbocycles. The molecular formula is C18H24FI. The maximum absolute atomic E-state index is 11.9. The highest BCUT2D eigenvalue weighted by molar-refractivity contribution is 14.1. The van der Waals surface area contributed by atoms with Crippen LogP contribution in [0.15, 0.2) is 24.3 Å². The third-order valence-corrected chi connectivity index (χ3v) is 3.96.